The molecule has 0 aliphatic carbocycles. The Kier molecular flexibility index (Phi) is 5.34. The second kappa shape index (κ2) is 7.01. The summed E-state index contributed by atoms with van der Waals surface area (Å²) >= 11 is 1.49. The Bertz CT molecular complexity index is 419. The number of nitrogens with one attached hydrogen (secondary N) is 1. The molecule has 2 heterocycles. The molecule has 1 aliphatic rings. The van der Waals surface area contributed by atoms with Gasteiger partial charge in [0.15, 0.2) is 0 Å². The van der Waals surface area contributed by atoms with Crippen LogP contribution in [0, 0.1) is 0 Å². The summed E-state index contributed by atoms with van der Waals surface area (Å²) in [5, 5.41) is 4.02. The van der Waals surface area contributed by atoms with Gasteiger partial charge < -0.3 is 5.32 Å². The lowest BCUT2D eigenvalue weighted by atomic mass is 10.0. The first-order chi connectivity index (χ1) is 9.20. The minimum absolute atomic E-state index is 0.0156. The van der Waals surface area contributed by atoms with E-state index in [0.717, 1.165) is 35.9 Å². The minimum atomic E-state index is 0.0156. The number of piperidine rings is 1. The predicted molar refractivity (Wildman–Crippen MR) is 78.7 cm³/mol. The number of nitrogens with zero attached hydrogens (tertiary/aromatic N) is 2. The van der Waals surface area contributed by atoms with Crippen molar-refractivity contribution in [2.45, 2.75) is 45.6 Å². The molecule has 1 N–H and O–H groups in total. The Labute approximate surface area is 119 Å². The van der Waals surface area contributed by atoms with Crippen LogP contribution in [0.1, 0.15) is 47.8 Å². The molecule has 1 aliphatic heterocycles. The number of aryl methyl sites for hydroxylation is 1. The van der Waals surface area contributed by atoms with Crippen LogP contribution in [0.5, 0.6) is 0 Å². The third kappa shape index (κ3) is 4.01. The summed E-state index contributed by atoms with van der Waals surface area (Å²) in [6.07, 6.45) is 6.48. The van der Waals surface area contributed by atoms with Gasteiger partial charge in [0.1, 0.15) is 4.88 Å². The van der Waals surface area contributed by atoms with E-state index in [0.29, 0.717) is 6.04 Å². The normalized spacial score (nSPS) is 20.4. The van der Waals surface area contributed by atoms with Crippen LogP contribution in [0.2, 0.25) is 0 Å². The fourth-order valence-electron chi connectivity index (χ4n) is 2.47. The van der Waals surface area contributed by atoms with Crippen molar-refractivity contribution in [1.82, 2.24) is 15.2 Å². The third-order valence-electron chi connectivity index (χ3n) is 3.70. The monoisotopic (exact) mass is 281 g/mol. The van der Waals surface area contributed by atoms with Gasteiger partial charge in [-0.05, 0) is 32.7 Å². The molecule has 5 heteroatoms. The molecule has 1 saturated heterocycles. The van der Waals surface area contributed by atoms with Crippen LogP contribution in [-0.2, 0) is 6.42 Å². The molecule has 0 unspecified atom stereocenters. The maximum absolute atomic E-state index is 11.9. The van der Waals surface area contributed by atoms with Crippen LogP contribution >= 0.6 is 11.3 Å². The molecular weight excluding hydrogens is 258 g/mol. The second-order valence-corrected chi connectivity index (χ2v) is 6.22. The highest BCUT2D eigenvalue weighted by Gasteiger charge is 2.18. The molecule has 1 atom stereocenters. The standard InChI is InChI=1S/C14H23N3OS/c1-3-13-16-10-12(19-13)14(18)15-7-9-17-8-5-4-6-11(17)2/h10-11H,3-9H2,1-2H3,(H,15,18)/t11-/m1/s1. The van der Waals surface area contributed by atoms with Crippen molar-refractivity contribution in [3.05, 3.63) is 16.1 Å². The number of amides is 1. The molecular formula is C14H23N3OS. The Hall–Kier alpha value is -0.940. The number of thiazole rings is 1. The van der Waals surface area contributed by atoms with E-state index in [1.165, 1.54) is 30.6 Å². The molecule has 1 aromatic rings. The van der Waals surface area contributed by atoms with E-state index >= 15 is 0 Å². The van der Waals surface area contributed by atoms with Crippen molar-refractivity contribution in [3.8, 4) is 0 Å². The summed E-state index contributed by atoms with van der Waals surface area (Å²) in [6.45, 7) is 7.17. The number of rotatable bonds is 5. The SMILES string of the molecule is CCc1ncc(C(=O)NCCN2CCCC[C@H]2C)s1. The lowest BCUT2D eigenvalue weighted by Crippen LogP contribution is -2.42. The fourth-order valence-corrected chi connectivity index (χ4v) is 3.24. The van der Waals surface area contributed by atoms with Crippen molar-refractivity contribution >= 4 is 17.2 Å². The lowest BCUT2D eigenvalue weighted by molar-refractivity contribution is 0.0942. The van der Waals surface area contributed by atoms with Crippen LogP contribution in [0.25, 0.3) is 0 Å². The van der Waals surface area contributed by atoms with Gasteiger partial charge in [-0.3, -0.25) is 9.69 Å². The van der Waals surface area contributed by atoms with Crippen molar-refractivity contribution in [3.63, 3.8) is 0 Å². The molecule has 1 fully saturated rings. The molecule has 1 aromatic heterocycles. The molecule has 2 rings (SSSR count). The summed E-state index contributed by atoms with van der Waals surface area (Å²) in [4.78, 5) is 19.3. The lowest BCUT2D eigenvalue weighted by Gasteiger charge is -2.33. The molecule has 0 radical (unpaired) electrons. The first kappa shape index (κ1) is 14.5. The van der Waals surface area contributed by atoms with Crippen LogP contribution < -0.4 is 5.32 Å². The quantitative estimate of drug-likeness (QED) is 0.901. The average molecular weight is 281 g/mol. The van der Waals surface area contributed by atoms with E-state index in [1.807, 2.05) is 0 Å². The molecule has 106 valence electrons. The van der Waals surface area contributed by atoms with E-state index in [4.69, 9.17) is 0 Å². The van der Waals surface area contributed by atoms with Gasteiger partial charge in [-0.15, -0.1) is 11.3 Å². The number of carbonyl (C=O) groups excluding carboxylic acids is 1. The van der Waals surface area contributed by atoms with Crippen molar-refractivity contribution in [2.75, 3.05) is 19.6 Å². The molecule has 19 heavy (non-hydrogen) atoms. The Morgan fingerprint density at radius 2 is 2.42 bits per heavy atom. The van der Waals surface area contributed by atoms with Gasteiger partial charge in [0.25, 0.3) is 5.91 Å². The Balaban J connectivity index is 1.74. The molecule has 0 aromatic carbocycles. The summed E-state index contributed by atoms with van der Waals surface area (Å²) in [5.41, 5.74) is 0. The van der Waals surface area contributed by atoms with Gasteiger partial charge in [0.05, 0.1) is 11.2 Å². The van der Waals surface area contributed by atoms with Crippen LogP contribution in [-0.4, -0.2) is 41.5 Å². The summed E-state index contributed by atoms with van der Waals surface area (Å²) < 4.78 is 0. The number of hydrogen-bond donors (Lipinski definition) is 1. The smallest absolute Gasteiger partial charge is 0.263 e. The number of aromatic nitrogens is 1. The van der Waals surface area contributed by atoms with Crippen molar-refractivity contribution < 1.29 is 4.79 Å². The van der Waals surface area contributed by atoms with Crippen molar-refractivity contribution in [2.24, 2.45) is 0 Å². The highest BCUT2D eigenvalue weighted by Crippen LogP contribution is 2.15. The minimum Gasteiger partial charge on any atom is -0.350 e. The first-order valence-electron chi connectivity index (χ1n) is 7.17. The molecule has 1 amide bonds. The zero-order valence-corrected chi connectivity index (χ0v) is 12.6. The van der Waals surface area contributed by atoms with Gasteiger partial charge in [-0.25, -0.2) is 4.98 Å². The van der Waals surface area contributed by atoms with Gasteiger partial charge in [-0.1, -0.05) is 13.3 Å². The van der Waals surface area contributed by atoms with E-state index < -0.39 is 0 Å². The predicted octanol–water partition coefficient (Wildman–Crippen LogP) is 2.31. The van der Waals surface area contributed by atoms with Crippen molar-refractivity contribution in [1.29, 1.82) is 0 Å². The Morgan fingerprint density at radius 3 is 3.11 bits per heavy atom. The molecule has 0 saturated carbocycles. The number of hydrogen-bond acceptors (Lipinski definition) is 4. The first-order valence-corrected chi connectivity index (χ1v) is 7.99. The highest BCUT2D eigenvalue weighted by atomic mass is 32.1. The topological polar surface area (TPSA) is 45.2 Å². The zero-order chi connectivity index (χ0) is 13.7. The zero-order valence-electron chi connectivity index (χ0n) is 11.8. The largest absolute Gasteiger partial charge is 0.350 e. The summed E-state index contributed by atoms with van der Waals surface area (Å²) in [6, 6.07) is 0.653. The van der Waals surface area contributed by atoms with E-state index in [-0.39, 0.29) is 5.91 Å². The van der Waals surface area contributed by atoms with Crippen LogP contribution in [0.3, 0.4) is 0 Å². The maximum atomic E-state index is 11.9. The van der Waals surface area contributed by atoms with Gasteiger partial charge in [0, 0.05) is 19.1 Å². The van der Waals surface area contributed by atoms with Gasteiger partial charge in [-0.2, -0.15) is 0 Å². The average Bonchev–Trinajstić information content (AvgIpc) is 2.90. The Morgan fingerprint density at radius 1 is 1.58 bits per heavy atom. The van der Waals surface area contributed by atoms with E-state index in [9.17, 15) is 4.79 Å². The number of likely N-dealkylation sites (tertiary alicyclic amines) is 1. The molecule has 0 bridgehead atoms. The summed E-state index contributed by atoms with van der Waals surface area (Å²) in [7, 11) is 0. The van der Waals surface area contributed by atoms with Gasteiger partial charge >= 0.3 is 0 Å². The third-order valence-corrected chi connectivity index (χ3v) is 4.85. The van der Waals surface area contributed by atoms with E-state index in [2.05, 4.69) is 29.0 Å². The number of carbonyl (C=O) groups is 1. The molecule has 0 spiro atoms. The highest BCUT2D eigenvalue weighted by molar-refractivity contribution is 7.13. The van der Waals surface area contributed by atoms with Crippen LogP contribution in [0.15, 0.2) is 6.20 Å². The molecule has 4 nitrogen and oxygen atoms in total. The van der Waals surface area contributed by atoms with Crippen LogP contribution in [0.4, 0.5) is 0 Å². The van der Waals surface area contributed by atoms with E-state index in [1.54, 1.807) is 6.20 Å². The fraction of sp³-hybridized carbons (Fsp3) is 0.714. The van der Waals surface area contributed by atoms with Gasteiger partial charge in [0.2, 0.25) is 0 Å². The maximum Gasteiger partial charge on any atom is 0.263 e. The summed E-state index contributed by atoms with van der Waals surface area (Å²) in [5.74, 6) is 0.0156. The second-order valence-electron chi connectivity index (χ2n) is 5.11.